The molecule has 6 nitrogen and oxygen atoms in total. The van der Waals surface area contributed by atoms with Crippen LogP contribution in [0.15, 0.2) is 22.7 Å². The summed E-state index contributed by atoms with van der Waals surface area (Å²) in [5.74, 6) is -0.136. The first-order chi connectivity index (χ1) is 9.43. The maximum atomic E-state index is 11.0. The van der Waals surface area contributed by atoms with Gasteiger partial charge in [-0.25, -0.2) is 14.8 Å². The van der Waals surface area contributed by atoms with Crippen molar-refractivity contribution in [3.05, 3.63) is 33.9 Å². The Balaban J connectivity index is 2.54. The molecular weight excluding hydrogens is 326 g/mol. The fraction of sp³-hybridized carbons (Fsp3) is 0.154. The highest BCUT2D eigenvalue weighted by Gasteiger charge is 2.16. The monoisotopic (exact) mass is 337 g/mol. The van der Waals surface area contributed by atoms with Crippen molar-refractivity contribution in [1.82, 2.24) is 9.97 Å². The summed E-state index contributed by atoms with van der Waals surface area (Å²) in [6.45, 7) is 1.59. The first kappa shape index (κ1) is 14.3. The number of nitrogen functional groups attached to an aromatic ring is 1. The van der Waals surface area contributed by atoms with Crippen LogP contribution in [0.25, 0.3) is 11.4 Å². The molecule has 2 aromatic rings. The number of anilines is 1. The van der Waals surface area contributed by atoms with Gasteiger partial charge in [0.25, 0.3) is 0 Å². The van der Waals surface area contributed by atoms with Crippen molar-refractivity contribution in [2.24, 2.45) is 0 Å². The quantitative estimate of drug-likeness (QED) is 0.892. The number of benzene rings is 1. The number of aromatic nitrogens is 2. The average Bonchev–Trinajstić information content (AvgIpc) is 2.37. The smallest absolute Gasteiger partial charge is 0.341 e. The van der Waals surface area contributed by atoms with Crippen molar-refractivity contribution in [2.75, 3.05) is 12.8 Å². The van der Waals surface area contributed by atoms with Crippen LogP contribution < -0.4 is 10.5 Å². The maximum Gasteiger partial charge on any atom is 0.341 e. The number of methoxy groups -OCH3 is 1. The summed E-state index contributed by atoms with van der Waals surface area (Å²) in [7, 11) is 1.57. The van der Waals surface area contributed by atoms with Crippen LogP contribution in [0.5, 0.6) is 5.75 Å². The van der Waals surface area contributed by atoms with Crippen molar-refractivity contribution < 1.29 is 14.6 Å². The van der Waals surface area contributed by atoms with Crippen molar-refractivity contribution in [1.29, 1.82) is 0 Å². The number of carboxylic acids is 1. The second-order valence-electron chi connectivity index (χ2n) is 4.05. The summed E-state index contributed by atoms with van der Waals surface area (Å²) in [5, 5.41) is 9.04. The lowest BCUT2D eigenvalue weighted by Crippen LogP contribution is -2.10. The lowest BCUT2D eigenvalue weighted by molar-refractivity contribution is 0.0696. The largest absolute Gasteiger partial charge is 0.496 e. The van der Waals surface area contributed by atoms with Gasteiger partial charge in [0.05, 0.1) is 17.3 Å². The van der Waals surface area contributed by atoms with E-state index in [4.69, 9.17) is 15.6 Å². The molecule has 0 atom stereocenters. The highest BCUT2D eigenvalue weighted by molar-refractivity contribution is 9.10. The Morgan fingerprint density at radius 3 is 2.60 bits per heavy atom. The van der Waals surface area contributed by atoms with E-state index in [2.05, 4.69) is 25.9 Å². The lowest BCUT2D eigenvalue weighted by Gasteiger charge is -2.09. The number of ether oxygens (including phenoxy) is 1. The molecule has 3 N–H and O–H groups in total. The van der Waals surface area contributed by atoms with Crippen LogP contribution in [0.3, 0.4) is 0 Å². The van der Waals surface area contributed by atoms with Crippen LogP contribution in [0, 0.1) is 6.92 Å². The van der Waals surface area contributed by atoms with E-state index in [1.807, 2.05) is 0 Å². The van der Waals surface area contributed by atoms with Crippen molar-refractivity contribution in [3.63, 3.8) is 0 Å². The number of nitrogens with zero attached hydrogens (tertiary/aromatic N) is 2. The standard InChI is InChI=1S/C13H12BrN3O3/c1-6-10(13(18)19)11(15)17-12(16-6)7-3-4-9(20-2)8(14)5-7/h3-5H,1-2H3,(H,18,19)(H2,15,16,17). The Bertz CT molecular complexity index is 666. The van der Waals surface area contributed by atoms with Gasteiger partial charge in [0, 0.05) is 5.56 Å². The molecule has 1 aromatic heterocycles. The summed E-state index contributed by atoms with van der Waals surface area (Å²) in [5.41, 5.74) is 6.66. The van der Waals surface area contributed by atoms with Gasteiger partial charge >= 0.3 is 5.97 Å². The maximum absolute atomic E-state index is 11.0. The average molecular weight is 338 g/mol. The molecule has 2 rings (SSSR count). The molecule has 0 radical (unpaired) electrons. The minimum Gasteiger partial charge on any atom is -0.496 e. The van der Waals surface area contributed by atoms with Crippen LogP contribution >= 0.6 is 15.9 Å². The van der Waals surface area contributed by atoms with Gasteiger partial charge in [-0.3, -0.25) is 0 Å². The number of hydrogen-bond donors (Lipinski definition) is 2. The second-order valence-corrected chi connectivity index (χ2v) is 4.90. The molecule has 7 heteroatoms. The minimum atomic E-state index is -1.14. The zero-order valence-electron chi connectivity index (χ0n) is 10.8. The number of carboxylic acid groups (broad SMARTS) is 1. The summed E-state index contributed by atoms with van der Waals surface area (Å²) in [6, 6.07) is 5.32. The number of halogens is 1. The number of nitrogens with two attached hydrogens (primary N) is 1. The summed E-state index contributed by atoms with van der Waals surface area (Å²) in [6.07, 6.45) is 0. The van der Waals surface area contributed by atoms with Gasteiger partial charge in [-0.2, -0.15) is 0 Å². The van der Waals surface area contributed by atoms with E-state index < -0.39 is 5.97 Å². The van der Waals surface area contributed by atoms with Crippen LogP contribution in [0.2, 0.25) is 0 Å². The number of aromatic carboxylic acids is 1. The molecule has 0 aliphatic rings. The molecule has 0 aliphatic heterocycles. The van der Waals surface area contributed by atoms with Crippen LogP contribution in [0.1, 0.15) is 16.1 Å². The highest BCUT2D eigenvalue weighted by atomic mass is 79.9. The van der Waals surface area contributed by atoms with E-state index in [9.17, 15) is 4.79 Å². The molecule has 104 valence electrons. The summed E-state index contributed by atoms with van der Waals surface area (Å²) in [4.78, 5) is 19.3. The number of carbonyl (C=O) groups is 1. The molecule has 0 spiro atoms. The van der Waals surface area contributed by atoms with E-state index in [0.717, 1.165) is 4.47 Å². The second kappa shape index (κ2) is 5.46. The van der Waals surface area contributed by atoms with Gasteiger partial charge in [-0.15, -0.1) is 0 Å². The van der Waals surface area contributed by atoms with Gasteiger partial charge < -0.3 is 15.6 Å². The Morgan fingerprint density at radius 2 is 2.10 bits per heavy atom. The normalized spacial score (nSPS) is 10.3. The van der Waals surface area contributed by atoms with E-state index in [1.54, 1.807) is 32.2 Å². The predicted octanol–water partition coefficient (Wildman–Crippen LogP) is 2.50. The first-order valence-electron chi connectivity index (χ1n) is 5.65. The van der Waals surface area contributed by atoms with Crippen molar-refractivity contribution >= 4 is 27.7 Å². The van der Waals surface area contributed by atoms with Crippen molar-refractivity contribution in [3.8, 4) is 17.1 Å². The lowest BCUT2D eigenvalue weighted by atomic mass is 10.1. The molecule has 0 saturated carbocycles. The molecular formula is C13H12BrN3O3. The van der Waals surface area contributed by atoms with Gasteiger partial charge in [0.15, 0.2) is 5.82 Å². The molecule has 0 aliphatic carbocycles. The predicted molar refractivity (Wildman–Crippen MR) is 77.8 cm³/mol. The van der Waals surface area contributed by atoms with Gasteiger partial charge in [0.2, 0.25) is 0 Å². The zero-order valence-corrected chi connectivity index (χ0v) is 12.4. The molecule has 0 unspecified atom stereocenters. The molecule has 0 amide bonds. The number of aryl methyl sites for hydroxylation is 1. The SMILES string of the molecule is COc1ccc(-c2nc(C)c(C(=O)O)c(N)n2)cc1Br. The zero-order chi connectivity index (χ0) is 14.9. The fourth-order valence-corrected chi connectivity index (χ4v) is 2.33. The van der Waals surface area contributed by atoms with Gasteiger partial charge in [-0.1, -0.05) is 0 Å². The molecule has 0 saturated heterocycles. The Hall–Kier alpha value is -2.15. The molecule has 1 aromatic carbocycles. The van der Waals surface area contributed by atoms with E-state index in [-0.39, 0.29) is 11.4 Å². The minimum absolute atomic E-state index is 0.0491. The number of hydrogen-bond acceptors (Lipinski definition) is 5. The Labute approximate surface area is 123 Å². The third kappa shape index (κ3) is 2.57. The van der Waals surface area contributed by atoms with Crippen LogP contribution in [0.4, 0.5) is 5.82 Å². The molecule has 0 fully saturated rings. The van der Waals surface area contributed by atoms with E-state index >= 15 is 0 Å². The summed E-state index contributed by atoms with van der Waals surface area (Å²) >= 11 is 3.37. The van der Waals surface area contributed by atoms with Gasteiger partial charge in [-0.05, 0) is 41.1 Å². The van der Waals surface area contributed by atoms with Gasteiger partial charge in [0.1, 0.15) is 17.1 Å². The Morgan fingerprint density at radius 1 is 1.40 bits per heavy atom. The molecule has 20 heavy (non-hydrogen) atoms. The van der Waals surface area contributed by atoms with Crippen LogP contribution in [-0.4, -0.2) is 28.2 Å². The fourth-order valence-electron chi connectivity index (χ4n) is 1.79. The molecule has 1 heterocycles. The number of rotatable bonds is 3. The van der Waals surface area contributed by atoms with E-state index in [0.29, 0.717) is 22.8 Å². The summed E-state index contributed by atoms with van der Waals surface area (Å²) < 4.78 is 5.89. The topological polar surface area (TPSA) is 98.3 Å². The molecule has 0 bridgehead atoms. The third-order valence-corrected chi connectivity index (χ3v) is 3.36. The Kier molecular flexibility index (Phi) is 3.89. The highest BCUT2D eigenvalue weighted by Crippen LogP contribution is 2.30. The third-order valence-electron chi connectivity index (χ3n) is 2.74. The van der Waals surface area contributed by atoms with Crippen LogP contribution in [-0.2, 0) is 0 Å². The first-order valence-corrected chi connectivity index (χ1v) is 6.44. The van der Waals surface area contributed by atoms with E-state index in [1.165, 1.54) is 0 Å². The van der Waals surface area contributed by atoms with Crippen molar-refractivity contribution in [2.45, 2.75) is 6.92 Å².